The first kappa shape index (κ1) is 21.9. The Morgan fingerprint density at radius 3 is 2.53 bits per heavy atom. The van der Waals surface area contributed by atoms with Crippen molar-refractivity contribution in [1.29, 1.82) is 0 Å². The molecule has 0 saturated carbocycles. The molecule has 1 saturated heterocycles. The molecule has 2 aliphatic heterocycles. The van der Waals surface area contributed by atoms with Crippen molar-refractivity contribution in [3.63, 3.8) is 0 Å². The third-order valence-electron chi connectivity index (χ3n) is 6.01. The van der Waals surface area contributed by atoms with Gasteiger partial charge in [0.15, 0.2) is 0 Å². The van der Waals surface area contributed by atoms with Gasteiger partial charge in [-0.15, -0.1) is 5.10 Å². The molecular formula is C26H23N7O3. The maximum absolute atomic E-state index is 13.0. The topological polar surface area (TPSA) is 118 Å². The summed E-state index contributed by atoms with van der Waals surface area (Å²) >= 11 is 0. The molecule has 36 heavy (non-hydrogen) atoms. The number of carbonyl (C=O) groups excluding carboxylic acids is 1. The first-order chi connectivity index (χ1) is 17.7. The van der Waals surface area contributed by atoms with E-state index in [2.05, 4.69) is 30.7 Å². The fourth-order valence-corrected chi connectivity index (χ4v) is 4.19. The second kappa shape index (κ2) is 9.59. The number of morpholine rings is 1. The van der Waals surface area contributed by atoms with Gasteiger partial charge in [-0.2, -0.15) is 0 Å². The average molecular weight is 482 g/mol. The van der Waals surface area contributed by atoms with Crippen molar-refractivity contribution in [2.45, 2.75) is 6.17 Å². The summed E-state index contributed by atoms with van der Waals surface area (Å²) in [6.45, 7) is 2.99. The Balaban J connectivity index is 1.25. The van der Waals surface area contributed by atoms with E-state index in [0.717, 1.165) is 30.0 Å². The normalized spacial score (nSPS) is 17.6. The maximum Gasteiger partial charge on any atom is 0.317 e. The van der Waals surface area contributed by atoms with Gasteiger partial charge in [0.1, 0.15) is 5.82 Å². The smallest absolute Gasteiger partial charge is 0.317 e. The lowest BCUT2D eigenvalue weighted by molar-refractivity contribution is -0.116. The lowest BCUT2D eigenvalue weighted by Crippen LogP contribution is -2.36. The molecule has 0 spiro atoms. The number of pyridine rings is 1. The molecular weight excluding hydrogens is 458 g/mol. The van der Waals surface area contributed by atoms with Crippen LogP contribution in [0, 0.1) is 0 Å². The second-order valence-corrected chi connectivity index (χ2v) is 8.34. The number of nitrogens with zero attached hydrogens (tertiary/aromatic N) is 5. The van der Waals surface area contributed by atoms with Gasteiger partial charge < -0.3 is 24.7 Å². The number of fused-ring (bicyclic) bond motifs is 1. The maximum atomic E-state index is 13.0. The van der Waals surface area contributed by atoms with Crippen molar-refractivity contribution in [1.82, 2.24) is 15.2 Å². The average Bonchev–Trinajstić information content (AvgIpc) is 3.36. The summed E-state index contributed by atoms with van der Waals surface area (Å²) in [5.41, 5.74) is 3.78. The van der Waals surface area contributed by atoms with E-state index in [1.165, 1.54) is 0 Å². The number of rotatable bonds is 5. The minimum absolute atomic E-state index is 0.0875. The van der Waals surface area contributed by atoms with Gasteiger partial charge in [0.25, 0.3) is 11.8 Å². The van der Waals surface area contributed by atoms with E-state index in [-0.39, 0.29) is 11.9 Å². The number of aromatic nitrogens is 3. The fourth-order valence-electron chi connectivity index (χ4n) is 4.19. The van der Waals surface area contributed by atoms with Gasteiger partial charge in [0.05, 0.1) is 30.2 Å². The zero-order valence-corrected chi connectivity index (χ0v) is 19.3. The Labute approximate surface area is 207 Å². The van der Waals surface area contributed by atoms with Crippen LogP contribution in [-0.4, -0.2) is 59.3 Å². The monoisotopic (exact) mass is 481 g/mol. The third-order valence-corrected chi connectivity index (χ3v) is 6.01. The molecule has 2 aromatic carbocycles. The number of amides is 1. The molecule has 1 fully saturated rings. The zero-order valence-electron chi connectivity index (χ0n) is 19.3. The number of hydrogen-bond acceptors (Lipinski definition) is 9. The van der Waals surface area contributed by atoms with Crippen molar-refractivity contribution in [2.75, 3.05) is 41.8 Å². The molecule has 0 aliphatic carbocycles. The highest BCUT2D eigenvalue weighted by Crippen LogP contribution is 2.26. The highest BCUT2D eigenvalue weighted by Gasteiger charge is 2.27. The number of anilines is 3. The van der Waals surface area contributed by atoms with Gasteiger partial charge in [0.2, 0.25) is 6.17 Å². The standard InChI is InChI=1S/C26H23N7O3/c34-24-23(29-22(17-6-2-1-3-7-17)19-8-4-5-9-20(19)28-24)30-26-32-31-25(36-26)18-10-11-21(27-16-18)33-12-14-35-15-13-33/h1-11,16,23H,12-15H2,(H,28,34)(H,30,32)/t23-/m1/s1. The highest BCUT2D eigenvalue weighted by atomic mass is 16.5. The molecule has 180 valence electrons. The van der Waals surface area contributed by atoms with Gasteiger partial charge in [-0.05, 0) is 18.2 Å². The first-order valence-corrected chi connectivity index (χ1v) is 11.7. The Hall–Kier alpha value is -4.57. The van der Waals surface area contributed by atoms with Crippen molar-refractivity contribution < 1.29 is 13.9 Å². The molecule has 2 N–H and O–H groups in total. The molecule has 0 bridgehead atoms. The number of benzodiazepines with no additional fused rings is 1. The highest BCUT2D eigenvalue weighted by molar-refractivity contribution is 6.19. The molecule has 10 heteroatoms. The van der Waals surface area contributed by atoms with Crippen LogP contribution < -0.4 is 15.5 Å². The largest absolute Gasteiger partial charge is 0.403 e. The number of nitrogens with one attached hydrogen (secondary N) is 2. The Kier molecular flexibility index (Phi) is 5.84. The van der Waals surface area contributed by atoms with Gasteiger partial charge >= 0.3 is 6.01 Å². The number of hydrogen-bond donors (Lipinski definition) is 2. The predicted molar refractivity (Wildman–Crippen MR) is 135 cm³/mol. The van der Waals surface area contributed by atoms with Gasteiger partial charge in [-0.25, -0.2) is 9.98 Å². The van der Waals surface area contributed by atoms with E-state index in [1.807, 2.05) is 66.7 Å². The lowest BCUT2D eigenvalue weighted by atomic mass is 10.0. The quantitative estimate of drug-likeness (QED) is 0.446. The number of para-hydroxylation sites is 1. The van der Waals surface area contributed by atoms with Crippen LogP contribution in [0.3, 0.4) is 0 Å². The van der Waals surface area contributed by atoms with Crippen LogP contribution in [-0.2, 0) is 9.53 Å². The first-order valence-electron chi connectivity index (χ1n) is 11.7. The van der Waals surface area contributed by atoms with Crippen LogP contribution in [0.1, 0.15) is 11.1 Å². The Morgan fingerprint density at radius 1 is 0.917 bits per heavy atom. The lowest BCUT2D eigenvalue weighted by Gasteiger charge is -2.27. The molecule has 0 radical (unpaired) electrons. The zero-order chi connectivity index (χ0) is 24.3. The molecule has 4 heterocycles. The van der Waals surface area contributed by atoms with E-state index >= 15 is 0 Å². The number of benzene rings is 2. The third kappa shape index (κ3) is 4.41. The summed E-state index contributed by atoms with van der Waals surface area (Å²) in [6, 6.07) is 21.2. The van der Waals surface area contributed by atoms with Gasteiger partial charge in [0, 0.05) is 30.4 Å². The SMILES string of the molecule is O=C1Nc2ccccc2C(c2ccccc2)=N[C@@H]1Nc1nnc(-c2ccc(N3CCOCC3)nc2)o1. The van der Waals surface area contributed by atoms with Crippen LogP contribution in [0.5, 0.6) is 0 Å². The van der Waals surface area contributed by atoms with Crippen molar-refractivity contribution in [3.05, 3.63) is 84.1 Å². The molecule has 2 aliphatic rings. The van der Waals surface area contributed by atoms with Crippen LogP contribution in [0.4, 0.5) is 17.5 Å². The molecule has 4 aromatic rings. The van der Waals surface area contributed by atoms with E-state index in [4.69, 9.17) is 14.1 Å². The summed E-state index contributed by atoms with van der Waals surface area (Å²) in [4.78, 5) is 24.5. The van der Waals surface area contributed by atoms with Crippen LogP contribution in [0.15, 0.2) is 82.3 Å². The van der Waals surface area contributed by atoms with Gasteiger partial charge in [-0.1, -0.05) is 53.6 Å². The second-order valence-electron chi connectivity index (χ2n) is 8.34. The van der Waals surface area contributed by atoms with Gasteiger partial charge in [-0.3, -0.25) is 4.79 Å². The minimum Gasteiger partial charge on any atom is -0.403 e. The summed E-state index contributed by atoms with van der Waals surface area (Å²) in [5.74, 6) is 0.838. The molecule has 6 rings (SSSR count). The summed E-state index contributed by atoms with van der Waals surface area (Å²) < 4.78 is 11.2. The van der Waals surface area contributed by atoms with E-state index in [1.54, 1.807) is 6.20 Å². The Bertz CT molecular complexity index is 1400. The number of carbonyl (C=O) groups is 1. The molecule has 10 nitrogen and oxygen atoms in total. The summed E-state index contributed by atoms with van der Waals surface area (Å²) in [6.07, 6.45) is 0.727. The molecule has 0 unspecified atom stereocenters. The minimum atomic E-state index is -0.970. The number of aliphatic imine (C=N–C) groups is 1. The van der Waals surface area contributed by atoms with Crippen molar-refractivity contribution in [3.8, 4) is 11.5 Å². The molecule has 1 amide bonds. The predicted octanol–water partition coefficient (Wildman–Crippen LogP) is 3.20. The van der Waals surface area contributed by atoms with E-state index in [9.17, 15) is 4.79 Å². The Morgan fingerprint density at radius 2 is 1.72 bits per heavy atom. The molecule has 1 atom stereocenters. The van der Waals surface area contributed by atoms with Crippen molar-refractivity contribution >= 4 is 29.1 Å². The van der Waals surface area contributed by atoms with Crippen LogP contribution >= 0.6 is 0 Å². The van der Waals surface area contributed by atoms with E-state index < -0.39 is 6.17 Å². The van der Waals surface area contributed by atoms with E-state index in [0.29, 0.717) is 36.1 Å². The summed E-state index contributed by atoms with van der Waals surface area (Å²) in [5, 5.41) is 14.1. The molecule has 2 aromatic heterocycles. The van der Waals surface area contributed by atoms with Crippen molar-refractivity contribution in [2.24, 2.45) is 4.99 Å². The van der Waals surface area contributed by atoms with Crippen LogP contribution in [0.25, 0.3) is 11.5 Å². The fraction of sp³-hybridized carbons (Fsp3) is 0.192. The summed E-state index contributed by atoms with van der Waals surface area (Å²) in [7, 11) is 0. The number of ether oxygens (including phenoxy) is 1. The van der Waals surface area contributed by atoms with Crippen LogP contribution in [0.2, 0.25) is 0 Å².